The maximum atomic E-state index is 12.9. The third-order valence-electron chi connectivity index (χ3n) is 3.80. The highest BCUT2D eigenvalue weighted by Gasteiger charge is 2.33. The summed E-state index contributed by atoms with van der Waals surface area (Å²) in [6.45, 7) is 0. The first-order chi connectivity index (χ1) is 12.9. The maximum absolute atomic E-state index is 12.9. The van der Waals surface area contributed by atoms with E-state index in [1.807, 2.05) is 30.3 Å². The van der Waals surface area contributed by atoms with Crippen molar-refractivity contribution in [3.63, 3.8) is 0 Å². The van der Waals surface area contributed by atoms with E-state index in [-0.39, 0.29) is 12.1 Å². The van der Waals surface area contributed by atoms with Crippen LogP contribution in [0.25, 0.3) is 11.4 Å². The van der Waals surface area contributed by atoms with E-state index in [0.717, 1.165) is 11.6 Å². The number of amides is 1. The molecule has 27 heavy (non-hydrogen) atoms. The number of carbonyl (C=O) groups is 1. The molecule has 1 amide bonds. The van der Waals surface area contributed by atoms with Crippen LogP contribution in [0.15, 0.2) is 59.1 Å². The Bertz CT molecular complexity index is 908. The summed E-state index contributed by atoms with van der Waals surface area (Å²) in [6.07, 6.45) is -3.76. The van der Waals surface area contributed by atoms with Crippen molar-refractivity contribution in [2.24, 2.45) is 0 Å². The third-order valence-corrected chi connectivity index (χ3v) is 3.80. The fourth-order valence-corrected chi connectivity index (χ4v) is 2.51. The van der Waals surface area contributed by atoms with Crippen LogP contribution in [0.4, 0.5) is 18.9 Å². The number of hydrogen-bond donors (Lipinski definition) is 1. The van der Waals surface area contributed by atoms with Gasteiger partial charge >= 0.3 is 6.18 Å². The predicted octanol–water partition coefficient (Wildman–Crippen LogP) is 4.72. The summed E-state index contributed by atoms with van der Waals surface area (Å²) in [7, 11) is 0. The molecular weight excluding hydrogens is 359 g/mol. The minimum absolute atomic E-state index is 0.0369. The lowest BCUT2D eigenvalue weighted by Gasteiger charge is -2.13. The van der Waals surface area contributed by atoms with Gasteiger partial charge in [-0.25, -0.2) is 0 Å². The number of nitrogens with one attached hydrogen (secondary N) is 1. The Morgan fingerprint density at radius 1 is 1.04 bits per heavy atom. The van der Waals surface area contributed by atoms with Crippen LogP contribution in [0.3, 0.4) is 0 Å². The van der Waals surface area contributed by atoms with Crippen LogP contribution in [0.2, 0.25) is 0 Å². The second-order valence-electron chi connectivity index (χ2n) is 5.82. The molecular formula is C19H16F3N3O2. The SMILES string of the molecule is O=C(CCCc1nc(-c2ccccc2)no1)Nc1ccccc1C(F)(F)F. The molecule has 5 nitrogen and oxygen atoms in total. The summed E-state index contributed by atoms with van der Waals surface area (Å²) in [5.74, 6) is 0.320. The number of alkyl halides is 3. The lowest BCUT2D eigenvalue weighted by molar-refractivity contribution is -0.137. The minimum atomic E-state index is -4.53. The van der Waals surface area contributed by atoms with E-state index in [9.17, 15) is 18.0 Å². The molecule has 8 heteroatoms. The highest BCUT2D eigenvalue weighted by Crippen LogP contribution is 2.34. The summed E-state index contributed by atoms with van der Waals surface area (Å²) < 4.78 is 43.9. The molecule has 0 spiro atoms. The van der Waals surface area contributed by atoms with Crippen molar-refractivity contribution >= 4 is 11.6 Å². The van der Waals surface area contributed by atoms with Crippen LogP contribution in [-0.4, -0.2) is 16.0 Å². The van der Waals surface area contributed by atoms with Crippen LogP contribution >= 0.6 is 0 Å². The zero-order valence-corrected chi connectivity index (χ0v) is 14.2. The Kier molecular flexibility index (Phi) is 5.54. The number of nitrogens with zero attached hydrogens (tertiary/aromatic N) is 2. The van der Waals surface area contributed by atoms with E-state index in [2.05, 4.69) is 15.5 Å². The van der Waals surface area contributed by atoms with Crippen molar-refractivity contribution in [2.45, 2.75) is 25.4 Å². The van der Waals surface area contributed by atoms with Gasteiger partial charge in [0.25, 0.3) is 0 Å². The maximum Gasteiger partial charge on any atom is 0.418 e. The number of rotatable bonds is 6. The van der Waals surface area contributed by atoms with Crippen molar-refractivity contribution in [2.75, 3.05) is 5.32 Å². The predicted molar refractivity (Wildman–Crippen MR) is 92.7 cm³/mol. The summed E-state index contributed by atoms with van der Waals surface area (Å²) in [5, 5.41) is 6.19. The lowest BCUT2D eigenvalue weighted by Crippen LogP contribution is -2.16. The average molecular weight is 375 g/mol. The zero-order valence-electron chi connectivity index (χ0n) is 14.2. The van der Waals surface area contributed by atoms with Crippen molar-refractivity contribution < 1.29 is 22.5 Å². The first-order valence-electron chi connectivity index (χ1n) is 8.27. The normalized spacial score (nSPS) is 11.4. The third kappa shape index (κ3) is 4.93. The molecule has 0 aliphatic rings. The first-order valence-corrected chi connectivity index (χ1v) is 8.27. The summed E-state index contributed by atoms with van der Waals surface area (Å²) in [6, 6.07) is 14.2. The van der Waals surface area contributed by atoms with E-state index < -0.39 is 17.6 Å². The molecule has 0 atom stereocenters. The largest absolute Gasteiger partial charge is 0.418 e. The van der Waals surface area contributed by atoms with Gasteiger partial charge in [0.15, 0.2) is 0 Å². The fourth-order valence-electron chi connectivity index (χ4n) is 2.51. The molecule has 0 saturated carbocycles. The first kappa shape index (κ1) is 18.6. The van der Waals surface area contributed by atoms with Gasteiger partial charge in [-0.3, -0.25) is 4.79 Å². The number of benzene rings is 2. The average Bonchev–Trinajstić information content (AvgIpc) is 3.11. The van der Waals surface area contributed by atoms with Gasteiger partial charge < -0.3 is 9.84 Å². The van der Waals surface area contributed by atoms with Gasteiger partial charge in [-0.1, -0.05) is 47.6 Å². The molecule has 2 aromatic carbocycles. The number of halogens is 3. The van der Waals surface area contributed by atoms with E-state index in [1.165, 1.54) is 18.2 Å². The van der Waals surface area contributed by atoms with Crippen molar-refractivity contribution in [1.29, 1.82) is 0 Å². The minimum Gasteiger partial charge on any atom is -0.339 e. The van der Waals surface area contributed by atoms with Gasteiger partial charge in [-0.2, -0.15) is 18.2 Å². The lowest BCUT2D eigenvalue weighted by atomic mass is 10.1. The molecule has 1 aromatic heterocycles. The van der Waals surface area contributed by atoms with Gasteiger partial charge in [0, 0.05) is 18.4 Å². The van der Waals surface area contributed by atoms with Crippen LogP contribution in [0.5, 0.6) is 0 Å². The van der Waals surface area contributed by atoms with Crippen LogP contribution in [0, 0.1) is 0 Å². The Balaban J connectivity index is 1.53. The molecule has 0 bridgehead atoms. The number of anilines is 1. The van der Waals surface area contributed by atoms with E-state index >= 15 is 0 Å². The Morgan fingerprint density at radius 2 is 1.74 bits per heavy atom. The van der Waals surface area contributed by atoms with Crippen molar-refractivity contribution in [1.82, 2.24) is 10.1 Å². The monoisotopic (exact) mass is 375 g/mol. The molecule has 1 N–H and O–H groups in total. The molecule has 0 unspecified atom stereocenters. The van der Waals surface area contributed by atoms with Crippen molar-refractivity contribution in [3.05, 3.63) is 66.1 Å². The number of para-hydroxylation sites is 1. The fraction of sp³-hybridized carbons (Fsp3) is 0.211. The smallest absolute Gasteiger partial charge is 0.339 e. The molecule has 0 aliphatic carbocycles. The molecule has 0 saturated heterocycles. The number of hydrogen-bond acceptors (Lipinski definition) is 4. The van der Waals surface area contributed by atoms with Gasteiger partial charge in [-0.05, 0) is 18.6 Å². The highest BCUT2D eigenvalue weighted by molar-refractivity contribution is 5.91. The second kappa shape index (κ2) is 8.03. The van der Waals surface area contributed by atoms with Gasteiger partial charge in [-0.15, -0.1) is 0 Å². The topological polar surface area (TPSA) is 68.0 Å². The molecule has 0 fully saturated rings. The standard InChI is InChI=1S/C19H16F3N3O2/c20-19(21,22)14-9-4-5-10-15(14)23-16(26)11-6-12-17-24-18(25-27-17)13-7-2-1-3-8-13/h1-5,7-10H,6,11-12H2,(H,23,26). The van der Waals surface area contributed by atoms with E-state index in [4.69, 9.17) is 4.52 Å². The van der Waals surface area contributed by atoms with Gasteiger partial charge in [0.05, 0.1) is 11.3 Å². The molecule has 0 radical (unpaired) electrons. The summed E-state index contributed by atoms with van der Waals surface area (Å²) in [4.78, 5) is 16.2. The molecule has 3 aromatic rings. The summed E-state index contributed by atoms with van der Waals surface area (Å²) in [5.41, 5.74) is -0.309. The molecule has 1 heterocycles. The molecule has 0 aliphatic heterocycles. The zero-order chi connectivity index (χ0) is 19.3. The number of aromatic nitrogens is 2. The van der Waals surface area contributed by atoms with Crippen LogP contribution in [-0.2, 0) is 17.4 Å². The highest BCUT2D eigenvalue weighted by atomic mass is 19.4. The Labute approximate surface area is 153 Å². The van der Waals surface area contributed by atoms with E-state index in [0.29, 0.717) is 24.6 Å². The van der Waals surface area contributed by atoms with Gasteiger partial charge in [0.2, 0.25) is 17.6 Å². The number of carbonyl (C=O) groups excluding carboxylic acids is 1. The summed E-state index contributed by atoms with van der Waals surface area (Å²) >= 11 is 0. The van der Waals surface area contributed by atoms with Gasteiger partial charge in [0.1, 0.15) is 0 Å². The quantitative estimate of drug-likeness (QED) is 0.677. The van der Waals surface area contributed by atoms with Crippen LogP contribution in [0.1, 0.15) is 24.3 Å². The number of aryl methyl sites for hydroxylation is 1. The van der Waals surface area contributed by atoms with Crippen molar-refractivity contribution in [3.8, 4) is 11.4 Å². The van der Waals surface area contributed by atoms with Crippen LogP contribution < -0.4 is 5.32 Å². The molecule has 140 valence electrons. The second-order valence-corrected chi connectivity index (χ2v) is 5.82. The molecule has 3 rings (SSSR count). The Hall–Kier alpha value is -3.16. The Morgan fingerprint density at radius 3 is 2.48 bits per heavy atom. The van der Waals surface area contributed by atoms with E-state index in [1.54, 1.807) is 0 Å².